The third-order valence-electron chi connectivity index (χ3n) is 3.79. The van der Waals surface area contributed by atoms with Crippen molar-refractivity contribution in [3.05, 3.63) is 58.7 Å². The van der Waals surface area contributed by atoms with E-state index in [-0.39, 0.29) is 0 Å². The van der Waals surface area contributed by atoms with Gasteiger partial charge in [-0.05, 0) is 18.4 Å². The average Bonchev–Trinajstić information content (AvgIpc) is 2.95. The monoisotopic (exact) mass is 267 g/mol. The van der Waals surface area contributed by atoms with Gasteiger partial charge in [0, 0.05) is 30.8 Å². The van der Waals surface area contributed by atoms with Gasteiger partial charge in [-0.15, -0.1) is 0 Å². The van der Waals surface area contributed by atoms with E-state index in [0.717, 1.165) is 44.6 Å². The van der Waals surface area contributed by atoms with E-state index in [9.17, 15) is 0 Å². The first-order chi connectivity index (χ1) is 9.86. The Labute approximate surface area is 120 Å². The topological polar surface area (TPSA) is 37.8 Å². The van der Waals surface area contributed by atoms with E-state index in [0.29, 0.717) is 0 Å². The lowest BCUT2D eigenvalue weighted by Crippen LogP contribution is -2.07. The smallest absolute Gasteiger partial charge is 0.129 e. The Bertz CT molecular complexity index is 578. The summed E-state index contributed by atoms with van der Waals surface area (Å²) < 4.78 is 0. The van der Waals surface area contributed by atoms with Gasteiger partial charge < -0.3 is 5.32 Å². The summed E-state index contributed by atoms with van der Waals surface area (Å²) in [4.78, 5) is 9.54. The lowest BCUT2D eigenvalue weighted by atomic mass is 10.1. The van der Waals surface area contributed by atoms with Crippen LogP contribution in [0.25, 0.3) is 0 Å². The van der Waals surface area contributed by atoms with Gasteiger partial charge in [-0.25, -0.2) is 9.97 Å². The Morgan fingerprint density at radius 1 is 1.00 bits per heavy atom. The van der Waals surface area contributed by atoms with E-state index in [1.54, 1.807) is 0 Å². The van der Waals surface area contributed by atoms with E-state index in [1.807, 2.05) is 0 Å². The molecule has 0 saturated carbocycles. The highest BCUT2D eigenvalue weighted by Gasteiger charge is 2.18. The van der Waals surface area contributed by atoms with Gasteiger partial charge in [-0.2, -0.15) is 0 Å². The molecule has 20 heavy (non-hydrogen) atoms. The molecule has 0 saturated heterocycles. The molecule has 1 aromatic heterocycles. The number of hydrogen-bond acceptors (Lipinski definition) is 3. The van der Waals surface area contributed by atoms with E-state index in [4.69, 9.17) is 9.97 Å². The second-order valence-electron chi connectivity index (χ2n) is 5.35. The molecule has 1 N–H and O–H groups in total. The molecule has 0 radical (unpaired) electrons. The van der Waals surface area contributed by atoms with Crippen LogP contribution in [0.3, 0.4) is 0 Å². The fraction of sp³-hybridized carbons (Fsp3) is 0.412. The minimum absolute atomic E-state index is 0.896. The Hall–Kier alpha value is -1.74. The van der Waals surface area contributed by atoms with Crippen LogP contribution in [0.5, 0.6) is 0 Å². The zero-order valence-corrected chi connectivity index (χ0v) is 12.0. The summed E-state index contributed by atoms with van der Waals surface area (Å²) in [5.41, 5.74) is 5.17. The molecule has 3 heteroatoms. The molecule has 0 atom stereocenters. The molecule has 0 amide bonds. The molecule has 3 rings (SSSR count). The molecule has 104 valence electrons. The Kier molecular flexibility index (Phi) is 4.07. The standard InChI is InChI=1S/C17H21N3/c1-2-6-15-14-11-18-12-16(14)20-17(19-15)10-9-13-7-4-3-5-8-13/h3-5,7-8,18H,2,6,9-12H2,1H3. The fourth-order valence-corrected chi connectivity index (χ4v) is 2.75. The van der Waals surface area contributed by atoms with Crippen molar-refractivity contribution in [1.82, 2.24) is 15.3 Å². The van der Waals surface area contributed by atoms with Crippen molar-refractivity contribution in [2.45, 2.75) is 45.7 Å². The highest BCUT2D eigenvalue weighted by atomic mass is 15.0. The maximum absolute atomic E-state index is 4.80. The first kappa shape index (κ1) is 13.3. The molecule has 0 bridgehead atoms. The number of fused-ring (bicyclic) bond motifs is 1. The molecule has 1 aliphatic heterocycles. The van der Waals surface area contributed by atoms with Crippen LogP contribution in [0.15, 0.2) is 30.3 Å². The van der Waals surface area contributed by atoms with Gasteiger partial charge >= 0.3 is 0 Å². The second-order valence-corrected chi connectivity index (χ2v) is 5.35. The van der Waals surface area contributed by atoms with E-state index < -0.39 is 0 Å². The van der Waals surface area contributed by atoms with Crippen molar-refractivity contribution in [2.24, 2.45) is 0 Å². The van der Waals surface area contributed by atoms with Gasteiger partial charge in [0.25, 0.3) is 0 Å². The maximum atomic E-state index is 4.80. The highest BCUT2D eigenvalue weighted by molar-refractivity contribution is 5.29. The third-order valence-corrected chi connectivity index (χ3v) is 3.79. The van der Waals surface area contributed by atoms with Crippen LogP contribution in [-0.2, 0) is 32.4 Å². The van der Waals surface area contributed by atoms with E-state index >= 15 is 0 Å². The van der Waals surface area contributed by atoms with Gasteiger partial charge in [0.2, 0.25) is 0 Å². The first-order valence-electron chi connectivity index (χ1n) is 7.49. The number of benzene rings is 1. The molecule has 0 unspecified atom stereocenters. The van der Waals surface area contributed by atoms with Crippen LogP contribution < -0.4 is 5.32 Å². The normalized spacial score (nSPS) is 13.4. The first-order valence-corrected chi connectivity index (χ1v) is 7.49. The summed E-state index contributed by atoms with van der Waals surface area (Å²) in [5.74, 6) is 1.000. The van der Waals surface area contributed by atoms with Crippen molar-refractivity contribution >= 4 is 0 Å². The van der Waals surface area contributed by atoms with Crippen LogP contribution in [0, 0.1) is 0 Å². The number of aryl methyl sites for hydroxylation is 3. The van der Waals surface area contributed by atoms with Gasteiger partial charge in [-0.3, -0.25) is 0 Å². The quantitative estimate of drug-likeness (QED) is 0.905. The summed E-state index contributed by atoms with van der Waals surface area (Å²) in [6, 6.07) is 10.6. The Morgan fingerprint density at radius 2 is 1.85 bits per heavy atom. The molecule has 0 aliphatic carbocycles. The maximum Gasteiger partial charge on any atom is 0.129 e. The molecule has 1 aliphatic rings. The van der Waals surface area contributed by atoms with Crippen molar-refractivity contribution in [3.63, 3.8) is 0 Å². The largest absolute Gasteiger partial charge is 0.307 e. The summed E-state index contributed by atoms with van der Waals surface area (Å²) in [5, 5.41) is 3.39. The van der Waals surface area contributed by atoms with Gasteiger partial charge in [-0.1, -0.05) is 43.7 Å². The van der Waals surface area contributed by atoms with Crippen molar-refractivity contribution in [3.8, 4) is 0 Å². The second kappa shape index (κ2) is 6.14. The van der Waals surface area contributed by atoms with Crippen LogP contribution in [0.2, 0.25) is 0 Å². The molecule has 2 aromatic rings. The molecular formula is C17H21N3. The Morgan fingerprint density at radius 3 is 2.65 bits per heavy atom. The molecular weight excluding hydrogens is 246 g/mol. The summed E-state index contributed by atoms with van der Waals surface area (Å²) in [7, 11) is 0. The molecule has 0 spiro atoms. The van der Waals surface area contributed by atoms with Crippen LogP contribution in [0.1, 0.15) is 41.7 Å². The van der Waals surface area contributed by atoms with E-state index in [1.165, 1.54) is 22.5 Å². The SMILES string of the molecule is CCCc1nc(CCc2ccccc2)nc2c1CNC2. The van der Waals surface area contributed by atoms with E-state index in [2.05, 4.69) is 42.6 Å². The lowest BCUT2D eigenvalue weighted by molar-refractivity contribution is 0.752. The number of rotatable bonds is 5. The predicted molar refractivity (Wildman–Crippen MR) is 80.4 cm³/mol. The Balaban J connectivity index is 1.78. The molecule has 1 aromatic carbocycles. The summed E-state index contributed by atoms with van der Waals surface area (Å²) in [6.45, 7) is 4.04. The lowest BCUT2D eigenvalue weighted by Gasteiger charge is -2.09. The van der Waals surface area contributed by atoms with Gasteiger partial charge in [0.1, 0.15) is 5.82 Å². The number of hydrogen-bond donors (Lipinski definition) is 1. The zero-order chi connectivity index (χ0) is 13.8. The summed E-state index contributed by atoms with van der Waals surface area (Å²) in [6.07, 6.45) is 4.14. The number of nitrogens with one attached hydrogen (secondary N) is 1. The molecule has 0 fully saturated rings. The van der Waals surface area contributed by atoms with Crippen molar-refractivity contribution in [1.29, 1.82) is 0 Å². The molecule has 2 heterocycles. The van der Waals surface area contributed by atoms with Gasteiger partial charge in [0.05, 0.1) is 5.69 Å². The zero-order valence-electron chi connectivity index (χ0n) is 12.0. The van der Waals surface area contributed by atoms with Gasteiger partial charge in [0.15, 0.2) is 0 Å². The van der Waals surface area contributed by atoms with Crippen LogP contribution in [-0.4, -0.2) is 9.97 Å². The van der Waals surface area contributed by atoms with Crippen molar-refractivity contribution < 1.29 is 0 Å². The van der Waals surface area contributed by atoms with Crippen LogP contribution >= 0.6 is 0 Å². The number of aromatic nitrogens is 2. The minimum Gasteiger partial charge on any atom is -0.307 e. The highest BCUT2D eigenvalue weighted by Crippen LogP contribution is 2.19. The number of nitrogens with zero attached hydrogens (tertiary/aromatic N) is 2. The third kappa shape index (κ3) is 2.88. The summed E-state index contributed by atoms with van der Waals surface area (Å²) >= 11 is 0. The predicted octanol–water partition coefficient (Wildman–Crippen LogP) is 2.82. The minimum atomic E-state index is 0.896. The fourth-order valence-electron chi connectivity index (χ4n) is 2.75. The van der Waals surface area contributed by atoms with Crippen LogP contribution in [0.4, 0.5) is 0 Å². The van der Waals surface area contributed by atoms with Crippen molar-refractivity contribution in [2.75, 3.05) is 0 Å². The average molecular weight is 267 g/mol. The molecule has 3 nitrogen and oxygen atoms in total.